The zero-order valence-electron chi connectivity index (χ0n) is 10.8. The summed E-state index contributed by atoms with van der Waals surface area (Å²) in [6.45, 7) is 8.34. The Labute approximate surface area is 98.9 Å². The van der Waals surface area contributed by atoms with Crippen molar-refractivity contribution >= 4 is 5.78 Å². The minimum atomic E-state index is 0.236. The van der Waals surface area contributed by atoms with Gasteiger partial charge in [-0.2, -0.15) is 0 Å². The van der Waals surface area contributed by atoms with Gasteiger partial charge in [0.1, 0.15) is 5.78 Å². The second-order valence-corrected chi connectivity index (χ2v) is 4.59. The van der Waals surface area contributed by atoms with Gasteiger partial charge in [0, 0.05) is 12.3 Å². The molecule has 16 heavy (non-hydrogen) atoms. The smallest absolute Gasteiger partial charge is 0.140 e. The molecule has 0 aromatic heterocycles. The molecule has 1 rings (SSSR count). The Morgan fingerprint density at radius 1 is 1.19 bits per heavy atom. The molecule has 1 heteroatoms. The van der Waals surface area contributed by atoms with Gasteiger partial charge in [-0.25, -0.2) is 0 Å². The maximum Gasteiger partial charge on any atom is 0.140 e. The van der Waals surface area contributed by atoms with Crippen LogP contribution in [0, 0.1) is 19.8 Å². The van der Waals surface area contributed by atoms with Crippen LogP contribution in [-0.2, 0) is 11.2 Å². The van der Waals surface area contributed by atoms with Crippen molar-refractivity contribution in [2.45, 2.75) is 47.0 Å². The van der Waals surface area contributed by atoms with Gasteiger partial charge >= 0.3 is 0 Å². The molecule has 1 aromatic rings. The molecule has 0 bridgehead atoms. The van der Waals surface area contributed by atoms with Crippen molar-refractivity contribution in [1.82, 2.24) is 0 Å². The number of carbonyl (C=O) groups is 1. The van der Waals surface area contributed by atoms with Crippen molar-refractivity contribution in [3.8, 4) is 0 Å². The number of Topliss-reactive ketones (excluding diaryl/α,β-unsaturated/α-hetero) is 1. The first-order valence-electron chi connectivity index (χ1n) is 6.17. The molecule has 0 unspecified atom stereocenters. The Balaban J connectivity index is 2.80. The minimum absolute atomic E-state index is 0.236. The zero-order valence-corrected chi connectivity index (χ0v) is 10.8. The number of aryl methyl sites for hydroxylation is 2. The molecule has 0 fully saturated rings. The SMILES string of the molecule is CCC(CC)C(=O)Cc1cc(C)ccc1C. The monoisotopic (exact) mass is 218 g/mol. The van der Waals surface area contributed by atoms with E-state index in [1.165, 1.54) is 16.7 Å². The first-order chi connectivity index (χ1) is 7.58. The van der Waals surface area contributed by atoms with Crippen molar-refractivity contribution in [2.75, 3.05) is 0 Å². The molecular weight excluding hydrogens is 196 g/mol. The molecule has 88 valence electrons. The van der Waals surface area contributed by atoms with E-state index < -0.39 is 0 Å². The fraction of sp³-hybridized carbons (Fsp3) is 0.533. The largest absolute Gasteiger partial charge is 0.299 e. The summed E-state index contributed by atoms with van der Waals surface area (Å²) >= 11 is 0. The molecule has 0 amide bonds. The summed E-state index contributed by atoms with van der Waals surface area (Å²) in [6, 6.07) is 6.33. The molecule has 0 spiro atoms. The number of rotatable bonds is 5. The fourth-order valence-electron chi connectivity index (χ4n) is 2.07. The average molecular weight is 218 g/mol. The average Bonchev–Trinajstić information content (AvgIpc) is 2.25. The number of hydrogen-bond donors (Lipinski definition) is 0. The molecule has 0 radical (unpaired) electrons. The maximum atomic E-state index is 12.0. The van der Waals surface area contributed by atoms with E-state index >= 15 is 0 Å². The van der Waals surface area contributed by atoms with Crippen molar-refractivity contribution in [3.63, 3.8) is 0 Å². The highest BCUT2D eigenvalue weighted by atomic mass is 16.1. The maximum absolute atomic E-state index is 12.0. The standard InChI is InChI=1S/C15H22O/c1-5-13(6-2)15(16)10-14-9-11(3)7-8-12(14)4/h7-9,13H,5-6,10H2,1-4H3. The molecule has 0 saturated heterocycles. The van der Waals surface area contributed by atoms with Gasteiger partial charge in [-0.3, -0.25) is 4.79 Å². The summed E-state index contributed by atoms with van der Waals surface area (Å²) in [6.07, 6.45) is 2.51. The summed E-state index contributed by atoms with van der Waals surface area (Å²) in [4.78, 5) is 12.0. The van der Waals surface area contributed by atoms with Crippen LogP contribution in [0.5, 0.6) is 0 Å². The van der Waals surface area contributed by atoms with Gasteiger partial charge in [0.05, 0.1) is 0 Å². The van der Waals surface area contributed by atoms with E-state index in [1.54, 1.807) is 0 Å². The van der Waals surface area contributed by atoms with Crippen LogP contribution in [0.15, 0.2) is 18.2 Å². The molecule has 0 atom stereocenters. The van der Waals surface area contributed by atoms with Gasteiger partial charge in [-0.1, -0.05) is 37.6 Å². The van der Waals surface area contributed by atoms with Gasteiger partial charge in [-0.15, -0.1) is 0 Å². The van der Waals surface area contributed by atoms with Crippen molar-refractivity contribution in [3.05, 3.63) is 34.9 Å². The van der Waals surface area contributed by atoms with Crippen LogP contribution in [0.2, 0.25) is 0 Å². The quantitative estimate of drug-likeness (QED) is 0.733. The highest BCUT2D eigenvalue weighted by molar-refractivity contribution is 5.83. The van der Waals surface area contributed by atoms with E-state index in [4.69, 9.17) is 0 Å². The molecule has 0 aliphatic rings. The molecule has 0 saturated carbocycles. The Hall–Kier alpha value is -1.11. The number of hydrogen-bond acceptors (Lipinski definition) is 1. The Morgan fingerprint density at radius 2 is 1.81 bits per heavy atom. The number of benzene rings is 1. The Bertz CT molecular complexity index is 362. The summed E-state index contributed by atoms with van der Waals surface area (Å²) in [5.41, 5.74) is 3.65. The lowest BCUT2D eigenvalue weighted by molar-refractivity contribution is -0.122. The highest BCUT2D eigenvalue weighted by Gasteiger charge is 2.15. The van der Waals surface area contributed by atoms with Gasteiger partial charge in [0.15, 0.2) is 0 Å². The van der Waals surface area contributed by atoms with Crippen molar-refractivity contribution in [1.29, 1.82) is 0 Å². The van der Waals surface area contributed by atoms with Crippen molar-refractivity contribution < 1.29 is 4.79 Å². The fourth-order valence-corrected chi connectivity index (χ4v) is 2.07. The summed E-state index contributed by atoms with van der Waals surface area (Å²) < 4.78 is 0. The predicted molar refractivity (Wildman–Crippen MR) is 68.7 cm³/mol. The first kappa shape index (κ1) is 13.0. The lowest BCUT2D eigenvalue weighted by Crippen LogP contribution is -2.15. The predicted octanol–water partition coefficient (Wildman–Crippen LogP) is 3.85. The highest BCUT2D eigenvalue weighted by Crippen LogP contribution is 2.16. The minimum Gasteiger partial charge on any atom is -0.299 e. The third-order valence-electron chi connectivity index (χ3n) is 3.31. The third kappa shape index (κ3) is 3.19. The van der Waals surface area contributed by atoms with E-state index in [1.807, 2.05) is 0 Å². The number of ketones is 1. The van der Waals surface area contributed by atoms with E-state index in [0.717, 1.165) is 12.8 Å². The zero-order chi connectivity index (χ0) is 12.1. The lowest BCUT2D eigenvalue weighted by Gasteiger charge is -2.12. The Kier molecular flexibility index (Phi) is 4.72. The van der Waals surface area contributed by atoms with Gasteiger partial charge in [0.2, 0.25) is 0 Å². The molecule has 1 nitrogen and oxygen atoms in total. The van der Waals surface area contributed by atoms with Crippen LogP contribution in [0.4, 0.5) is 0 Å². The second-order valence-electron chi connectivity index (χ2n) is 4.59. The summed E-state index contributed by atoms with van der Waals surface area (Å²) in [5.74, 6) is 0.624. The van der Waals surface area contributed by atoms with Gasteiger partial charge in [0.25, 0.3) is 0 Å². The van der Waals surface area contributed by atoms with Crippen LogP contribution in [-0.4, -0.2) is 5.78 Å². The normalized spacial score (nSPS) is 10.8. The van der Waals surface area contributed by atoms with E-state index in [-0.39, 0.29) is 5.92 Å². The van der Waals surface area contributed by atoms with Crippen LogP contribution in [0.3, 0.4) is 0 Å². The summed E-state index contributed by atoms with van der Waals surface area (Å²) in [5, 5.41) is 0. The molecule has 1 aromatic carbocycles. The van der Waals surface area contributed by atoms with Crippen LogP contribution in [0.25, 0.3) is 0 Å². The van der Waals surface area contributed by atoms with E-state index in [2.05, 4.69) is 45.9 Å². The second kappa shape index (κ2) is 5.83. The third-order valence-corrected chi connectivity index (χ3v) is 3.31. The number of carbonyl (C=O) groups excluding carboxylic acids is 1. The lowest BCUT2D eigenvalue weighted by atomic mass is 9.91. The first-order valence-corrected chi connectivity index (χ1v) is 6.17. The molecular formula is C15H22O. The van der Waals surface area contributed by atoms with E-state index in [9.17, 15) is 4.79 Å². The van der Waals surface area contributed by atoms with Crippen LogP contribution < -0.4 is 0 Å². The van der Waals surface area contributed by atoms with Gasteiger partial charge in [-0.05, 0) is 37.8 Å². The Morgan fingerprint density at radius 3 is 2.38 bits per heavy atom. The molecule has 0 N–H and O–H groups in total. The van der Waals surface area contributed by atoms with Crippen molar-refractivity contribution in [2.24, 2.45) is 5.92 Å². The topological polar surface area (TPSA) is 17.1 Å². The molecule has 0 aliphatic heterocycles. The molecule has 0 heterocycles. The van der Waals surface area contributed by atoms with Gasteiger partial charge < -0.3 is 0 Å². The molecule has 0 aliphatic carbocycles. The van der Waals surface area contributed by atoms with Crippen LogP contribution >= 0.6 is 0 Å². The van der Waals surface area contributed by atoms with Crippen LogP contribution in [0.1, 0.15) is 43.4 Å². The summed E-state index contributed by atoms with van der Waals surface area (Å²) in [7, 11) is 0. The van der Waals surface area contributed by atoms with E-state index in [0.29, 0.717) is 12.2 Å².